The number of hydrogen-bond donors (Lipinski definition) is 1. The molecule has 0 heterocycles. The summed E-state index contributed by atoms with van der Waals surface area (Å²) < 4.78 is 24.6. The van der Waals surface area contributed by atoms with Crippen LogP contribution >= 0.6 is 0 Å². The van der Waals surface area contributed by atoms with E-state index in [-0.39, 0.29) is 6.61 Å². The number of halogens is 1. The summed E-state index contributed by atoms with van der Waals surface area (Å²) >= 11 is 0. The Morgan fingerprint density at radius 3 is 2.04 bits per heavy atom. The summed E-state index contributed by atoms with van der Waals surface area (Å²) in [4.78, 5) is 12.4. The lowest BCUT2D eigenvalue weighted by Gasteiger charge is -2.37. The molecule has 1 N–H and O–H groups in total. The van der Waals surface area contributed by atoms with Gasteiger partial charge in [-0.2, -0.15) is 0 Å². The number of hydrogen-bond acceptors (Lipinski definition) is 4. The van der Waals surface area contributed by atoms with Crippen LogP contribution in [0.15, 0.2) is 84.9 Å². The van der Waals surface area contributed by atoms with E-state index in [4.69, 9.17) is 9.47 Å². The first-order chi connectivity index (χ1) is 13.6. The monoisotopic (exact) mass is 380 g/mol. The predicted molar refractivity (Wildman–Crippen MR) is 103 cm³/mol. The highest BCUT2D eigenvalue weighted by Crippen LogP contribution is 2.38. The third-order valence-electron chi connectivity index (χ3n) is 4.59. The molecule has 2 atom stereocenters. The Hall–Kier alpha value is -3.02. The molecule has 3 rings (SSSR count). The van der Waals surface area contributed by atoms with Gasteiger partial charge in [-0.3, -0.25) is 0 Å². The van der Waals surface area contributed by atoms with Crippen LogP contribution in [0, 0.1) is 5.82 Å². The van der Waals surface area contributed by atoms with Gasteiger partial charge in [0.25, 0.3) is 0 Å². The lowest BCUT2D eigenvalue weighted by molar-refractivity contribution is -0.172. The molecule has 0 aliphatic carbocycles. The van der Waals surface area contributed by atoms with Crippen LogP contribution in [0.5, 0.6) is 0 Å². The van der Waals surface area contributed by atoms with E-state index in [2.05, 4.69) is 0 Å². The van der Waals surface area contributed by atoms with Crippen molar-refractivity contribution in [2.24, 2.45) is 0 Å². The molecule has 0 saturated carbocycles. The Balaban J connectivity index is 2.15. The number of aliphatic hydroxyl groups excluding tert-OH is 1. The van der Waals surface area contributed by atoms with Crippen molar-refractivity contribution in [3.05, 3.63) is 107 Å². The zero-order chi connectivity index (χ0) is 20.0. The van der Waals surface area contributed by atoms with Crippen LogP contribution < -0.4 is 0 Å². The van der Waals surface area contributed by atoms with Gasteiger partial charge in [0.1, 0.15) is 5.82 Å². The maximum Gasteiger partial charge on any atom is 0.338 e. The molecule has 0 unspecified atom stereocenters. The fraction of sp³-hybridized carbons (Fsp3) is 0.174. The van der Waals surface area contributed by atoms with Crippen molar-refractivity contribution in [2.45, 2.75) is 18.3 Å². The van der Waals surface area contributed by atoms with Crippen molar-refractivity contribution in [2.75, 3.05) is 7.11 Å². The molecule has 0 fully saturated rings. The van der Waals surface area contributed by atoms with Gasteiger partial charge in [0.2, 0.25) is 0 Å². The van der Waals surface area contributed by atoms with Crippen molar-refractivity contribution in [3.8, 4) is 0 Å². The first-order valence-corrected chi connectivity index (χ1v) is 8.83. The predicted octanol–water partition coefficient (Wildman–Crippen LogP) is 3.82. The normalized spacial score (nSPS) is 14.1. The topological polar surface area (TPSA) is 55.8 Å². The highest BCUT2D eigenvalue weighted by Gasteiger charge is 2.47. The number of ether oxygens (including phenoxy) is 2. The molecule has 0 spiro atoms. The summed E-state index contributed by atoms with van der Waals surface area (Å²) in [6.45, 7) is 0.126. The molecule has 3 aromatic carbocycles. The van der Waals surface area contributed by atoms with Crippen molar-refractivity contribution >= 4 is 5.97 Å². The van der Waals surface area contributed by atoms with Gasteiger partial charge < -0.3 is 14.6 Å². The van der Waals surface area contributed by atoms with Crippen LogP contribution in [0.1, 0.15) is 16.7 Å². The smallest absolute Gasteiger partial charge is 0.338 e. The molecule has 28 heavy (non-hydrogen) atoms. The van der Waals surface area contributed by atoms with Crippen molar-refractivity contribution < 1.29 is 23.8 Å². The molecule has 144 valence electrons. The van der Waals surface area contributed by atoms with Crippen LogP contribution in [-0.4, -0.2) is 24.3 Å². The fourth-order valence-electron chi connectivity index (χ4n) is 3.16. The van der Waals surface area contributed by atoms with E-state index in [0.717, 1.165) is 5.56 Å². The number of rotatable bonds is 7. The molecule has 3 aromatic rings. The second kappa shape index (κ2) is 8.78. The average Bonchev–Trinajstić information content (AvgIpc) is 2.76. The zero-order valence-corrected chi connectivity index (χ0v) is 15.4. The zero-order valence-electron chi connectivity index (χ0n) is 15.4. The van der Waals surface area contributed by atoms with Crippen LogP contribution in [0.4, 0.5) is 4.39 Å². The molecular formula is C23H21FO4. The van der Waals surface area contributed by atoms with Gasteiger partial charge in [-0.25, -0.2) is 9.18 Å². The first-order valence-electron chi connectivity index (χ1n) is 8.83. The Bertz CT molecular complexity index is 897. The molecule has 4 nitrogen and oxygen atoms in total. The van der Waals surface area contributed by atoms with E-state index in [1.54, 1.807) is 24.3 Å². The van der Waals surface area contributed by atoms with E-state index < -0.39 is 23.5 Å². The van der Waals surface area contributed by atoms with Gasteiger partial charge in [0.15, 0.2) is 11.7 Å². The van der Waals surface area contributed by atoms with Crippen molar-refractivity contribution in [1.82, 2.24) is 0 Å². The van der Waals surface area contributed by atoms with Gasteiger partial charge in [-0.1, -0.05) is 72.8 Å². The highest BCUT2D eigenvalue weighted by molar-refractivity contribution is 5.77. The standard InChI is InChI=1S/C23H21FO4/c1-27-22(26)21(25)23(18-10-6-3-7-11-18,19-12-14-20(24)15-13-19)28-16-17-8-4-2-5-9-17/h2-15,21,25H,16H2,1H3/t21-,23+/m0/s1. The number of aliphatic hydroxyl groups is 1. The Morgan fingerprint density at radius 2 is 1.46 bits per heavy atom. The Labute approximate surface area is 163 Å². The third kappa shape index (κ3) is 3.96. The Kier molecular flexibility index (Phi) is 6.19. The summed E-state index contributed by atoms with van der Waals surface area (Å²) in [6.07, 6.45) is -1.66. The summed E-state index contributed by atoms with van der Waals surface area (Å²) in [5.74, 6) is -1.28. The van der Waals surface area contributed by atoms with Crippen molar-refractivity contribution in [3.63, 3.8) is 0 Å². The summed E-state index contributed by atoms with van der Waals surface area (Å²) in [6, 6.07) is 23.8. The largest absolute Gasteiger partial charge is 0.467 e. The van der Waals surface area contributed by atoms with Gasteiger partial charge in [0, 0.05) is 0 Å². The quantitative estimate of drug-likeness (QED) is 0.633. The maximum absolute atomic E-state index is 13.6. The molecule has 0 bridgehead atoms. The molecule has 0 radical (unpaired) electrons. The van der Waals surface area contributed by atoms with Crippen LogP contribution in [0.25, 0.3) is 0 Å². The van der Waals surface area contributed by atoms with Crippen LogP contribution in [-0.2, 0) is 26.5 Å². The molecule has 0 aliphatic heterocycles. The number of carbonyl (C=O) groups excluding carboxylic acids is 1. The van der Waals surface area contributed by atoms with Gasteiger partial charge in [-0.15, -0.1) is 0 Å². The fourth-order valence-corrected chi connectivity index (χ4v) is 3.16. The third-order valence-corrected chi connectivity index (χ3v) is 4.59. The minimum absolute atomic E-state index is 0.126. The molecular weight excluding hydrogens is 359 g/mol. The second-order valence-corrected chi connectivity index (χ2v) is 6.31. The number of benzene rings is 3. The molecule has 0 amide bonds. The lowest BCUT2D eigenvalue weighted by Crippen LogP contribution is -2.48. The van der Waals surface area contributed by atoms with Crippen LogP contribution in [0.2, 0.25) is 0 Å². The Morgan fingerprint density at radius 1 is 0.929 bits per heavy atom. The number of esters is 1. The maximum atomic E-state index is 13.6. The number of methoxy groups -OCH3 is 1. The van der Waals surface area contributed by atoms with Gasteiger partial charge in [0.05, 0.1) is 13.7 Å². The summed E-state index contributed by atoms with van der Waals surface area (Å²) in [5.41, 5.74) is 0.282. The first kappa shape index (κ1) is 19.7. The average molecular weight is 380 g/mol. The summed E-state index contributed by atoms with van der Waals surface area (Å²) in [7, 11) is 1.20. The minimum Gasteiger partial charge on any atom is -0.467 e. The lowest BCUT2D eigenvalue weighted by atomic mass is 9.81. The van der Waals surface area contributed by atoms with Crippen LogP contribution in [0.3, 0.4) is 0 Å². The molecule has 0 saturated heterocycles. The minimum atomic E-state index is -1.66. The highest BCUT2D eigenvalue weighted by atomic mass is 19.1. The molecule has 5 heteroatoms. The van der Waals surface area contributed by atoms with E-state index >= 15 is 0 Å². The molecule has 0 aliphatic rings. The van der Waals surface area contributed by atoms with E-state index in [1.807, 2.05) is 36.4 Å². The van der Waals surface area contributed by atoms with E-state index in [1.165, 1.54) is 31.4 Å². The van der Waals surface area contributed by atoms with Gasteiger partial charge >= 0.3 is 5.97 Å². The van der Waals surface area contributed by atoms with Crippen molar-refractivity contribution in [1.29, 1.82) is 0 Å². The molecule has 0 aromatic heterocycles. The number of carbonyl (C=O) groups is 1. The second-order valence-electron chi connectivity index (χ2n) is 6.31. The van der Waals surface area contributed by atoms with E-state index in [9.17, 15) is 14.3 Å². The van der Waals surface area contributed by atoms with E-state index in [0.29, 0.717) is 11.1 Å². The summed E-state index contributed by atoms with van der Waals surface area (Å²) in [5, 5.41) is 11.0. The van der Waals surface area contributed by atoms with Gasteiger partial charge in [-0.05, 0) is 28.8 Å². The SMILES string of the molecule is COC(=O)[C@H](O)[C@@](OCc1ccccc1)(c1ccccc1)c1ccc(F)cc1.